The van der Waals surface area contributed by atoms with E-state index in [2.05, 4.69) is 33.5 Å². The molecule has 0 saturated heterocycles. The Hall–Kier alpha value is -2.01. The molecule has 0 aliphatic heterocycles. The zero-order valence-electron chi connectivity index (χ0n) is 12.1. The molecule has 0 aliphatic carbocycles. The summed E-state index contributed by atoms with van der Waals surface area (Å²) in [4.78, 5) is 4.26. The highest BCUT2D eigenvalue weighted by Crippen LogP contribution is 2.21. The summed E-state index contributed by atoms with van der Waals surface area (Å²) in [6.45, 7) is 5.08. The lowest BCUT2D eigenvalue weighted by atomic mass is 10.0. The average molecular weight is 272 g/mol. The van der Waals surface area contributed by atoms with Gasteiger partial charge in [0.1, 0.15) is 0 Å². The molecule has 20 heavy (non-hydrogen) atoms. The molecule has 5 heteroatoms. The van der Waals surface area contributed by atoms with E-state index in [9.17, 15) is 0 Å². The van der Waals surface area contributed by atoms with E-state index in [-0.39, 0.29) is 6.04 Å². The smallest absolute Gasteiger partial charge is 0.233 e. The second kappa shape index (κ2) is 6.96. The minimum Gasteiger partial charge on any atom is -0.480 e. The molecule has 0 bridgehead atoms. The molecule has 5 nitrogen and oxygen atoms in total. The molecular formula is C15H20N4O. The van der Waals surface area contributed by atoms with Crippen LogP contribution in [0.4, 0.5) is 0 Å². The first kappa shape index (κ1) is 14.4. The van der Waals surface area contributed by atoms with Crippen molar-refractivity contribution in [3.8, 4) is 5.88 Å². The minimum absolute atomic E-state index is 0.000700. The number of nitrogens with one attached hydrogen (secondary N) is 1. The summed E-state index contributed by atoms with van der Waals surface area (Å²) in [5.41, 5.74) is 3.09. The van der Waals surface area contributed by atoms with E-state index < -0.39 is 0 Å². The van der Waals surface area contributed by atoms with Crippen LogP contribution < -0.4 is 10.1 Å². The van der Waals surface area contributed by atoms with Crippen LogP contribution in [0, 0.1) is 6.92 Å². The number of pyridine rings is 1. The third-order valence-electron chi connectivity index (χ3n) is 2.99. The standard InChI is InChI=1S/C15H20N4O/c1-4-7-17-15(12-8-11(2)9-16-10-12)13-5-6-14(20-3)19-18-13/h5-6,8-10,15,17H,4,7H2,1-3H3. The summed E-state index contributed by atoms with van der Waals surface area (Å²) in [6.07, 6.45) is 4.77. The van der Waals surface area contributed by atoms with Crippen LogP contribution in [0.25, 0.3) is 0 Å². The topological polar surface area (TPSA) is 59.9 Å². The molecule has 1 unspecified atom stereocenters. The van der Waals surface area contributed by atoms with E-state index in [1.54, 1.807) is 7.11 Å². The maximum Gasteiger partial charge on any atom is 0.233 e. The molecule has 0 spiro atoms. The number of hydrogen-bond donors (Lipinski definition) is 1. The number of aromatic nitrogens is 3. The highest BCUT2D eigenvalue weighted by Gasteiger charge is 2.16. The van der Waals surface area contributed by atoms with Crippen LogP contribution in [0.5, 0.6) is 5.88 Å². The molecule has 0 fully saturated rings. The second-order valence-electron chi connectivity index (χ2n) is 4.68. The first-order chi connectivity index (χ1) is 9.74. The Balaban J connectivity index is 2.30. The minimum atomic E-state index is 0.000700. The first-order valence-corrected chi connectivity index (χ1v) is 6.77. The van der Waals surface area contributed by atoms with Crippen molar-refractivity contribution in [3.63, 3.8) is 0 Å². The van der Waals surface area contributed by atoms with E-state index >= 15 is 0 Å². The third-order valence-corrected chi connectivity index (χ3v) is 2.99. The molecule has 1 atom stereocenters. The predicted molar refractivity (Wildman–Crippen MR) is 77.7 cm³/mol. The van der Waals surface area contributed by atoms with Crippen molar-refractivity contribution in [3.05, 3.63) is 47.4 Å². The largest absolute Gasteiger partial charge is 0.480 e. The van der Waals surface area contributed by atoms with E-state index in [4.69, 9.17) is 4.74 Å². The van der Waals surface area contributed by atoms with Gasteiger partial charge in [0.05, 0.1) is 18.8 Å². The lowest BCUT2D eigenvalue weighted by Gasteiger charge is -2.18. The maximum absolute atomic E-state index is 5.05. The van der Waals surface area contributed by atoms with Crippen LogP contribution in [0.1, 0.15) is 36.2 Å². The zero-order valence-corrected chi connectivity index (χ0v) is 12.1. The van der Waals surface area contributed by atoms with Gasteiger partial charge in [-0.25, -0.2) is 0 Å². The van der Waals surface area contributed by atoms with E-state index in [0.29, 0.717) is 5.88 Å². The van der Waals surface area contributed by atoms with Gasteiger partial charge in [0, 0.05) is 18.5 Å². The fourth-order valence-electron chi connectivity index (χ4n) is 2.01. The molecular weight excluding hydrogens is 252 g/mol. The van der Waals surface area contributed by atoms with Gasteiger partial charge in [-0.05, 0) is 37.1 Å². The number of aryl methyl sites for hydroxylation is 1. The first-order valence-electron chi connectivity index (χ1n) is 6.77. The van der Waals surface area contributed by atoms with Crippen LogP contribution in [-0.4, -0.2) is 28.8 Å². The quantitative estimate of drug-likeness (QED) is 0.874. The monoisotopic (exact) mass is 272 g/mol. The van der Waals surface area contributed by atoms with Crippen LogP contribution in [0.3, 0.4) is 0 Å². The molecule has 2 aromatic heterocycles. The fourth-order valence-corrected chi connectivity index (χ4v) is 2.01. The van der Waals surface area contributed by atoms with Gasteiger partial charge in [-0.1, -0.05) is 13.0 Å². The summed E-state index contributed by atoms with van der Waals surface area (Å²) < 4.78 is 5.05. The Morgan fingerprint density at radius 1 is 1.25 bits per heavy atom. The van der Waals surface area contributed by atoms with Gasteiger partial charge in [-0.2, -0.15) is 0 Å². The van der Waals surface area contributed by atoms with Crippen molar-refractivity contribution >= 4 is 0 Å². The van der Waals surface area contributed by atoms with E-state index in [0.717, 1.165) is 29.8 Å². The Kier molecular flexibility index (Phi) is 5.01. The summed E-state index contributed by atoms with van der Waals surface area (Å²) in [5, 5.41) is 11.8. The van der Waals surface area contributed by atoms with Gasteiger partial charge in [-0.15, -0.1) is 10.2 Å². The second-order valence-corrected chi connectivity index (χ2v) is 4.68. The van der Waals surface area contributed by atoms with Gasteiger partial charge in [0.2, 0.25) is 5.88 Å². The molecule has 2 rings (SSSR count). The summed E-state index contributed by atoms with van der Waals surface area (Å²) in [7, 11) is 1.58. The van der Waals surface area contributed by atoms with Crippen molar-refractivity contribution in [2.24, 2.45) is 0 Å². The molecule has 2 heterocycles. The normalized spacial score (nSPS) is 12.2. The van der Waals surface area contributed by atoms with Crippen LogP contribution in [-0.2, 0) is 0 Å². The zero-order chi connectivity index (χ0) is 14.4. The molecule has 0 radical (unpaired) electrons. The molecule has 0 saturated carbocycles. The maximum atomic E-state index is 5.05. The summed E-state index contributed by atoms with van der Waals surface area (Å²) >= 11 is 0. The van der Waals surface area contributed by atoms with E-state index in [1.165, 1.54) is 0 Å². The van der Waals surface area contributed by atoms with E-state index in [1.807, 2.05) is 31.5 Å². The SMILES string of the molecule is CCCNC(c1cncc(C)c1)c1ccc(OC)nn1. The van der Waals surface area contributed by atoms with Crippen LogP contribution >= 0.6 is 0 Å². The van der Waals surface area contributed by atoms with Gasteiger partial charge in [-0.3, -0.25) is 4.98 Å². The van der Waals surface area contributed by atoms with Crippen molar-refractivity contribution in [1.29, 1.82) is 0 Å². The van der Waals surface area contributed by atoms with Crippen LogP contribution in [0.2, 0.25) is 0 Å². The molecule has 0 amide bonds. The lowest BCUT2D eigenvalue weighted by molar-refractivity contribution is 0.390. The lowest BCUT2D eigenvalue weighted by Crippen LogP contribution is -2.24. The molecule has 0 aliphatic rings. The molecule has 1 N–H and O–H groups in total. The summed E-state index contributed by atoms with van der Waals surface area (Å²) in [5.74, 6) is 0.519. The highest BCUT2D eigenvalue weighted by molar-refractivity contribution is 5.28. The molecule has 106 valence electrons. The number of hydrogen-bond acceptors (Lipinski definition) is 5. The van der Waals surface area contributed by atoms with Gasteiger partial charge in [0.15, 0.2) is 0 Å². The molecule has 0 aromatic carbocycles. The van der Waals surface area contributed by atoms with Crippen molar-refractivity contribution in [2.45, 2.75) is 26.3 Å². The molecule has 2 aromatic rings. The number of nitrogens with zero attached hydrogens (tertiary/aromatic N) is 3. The third kappa shape index (κ3) is 3.51. The Bertz CT molecular complexity index is 542. The van der Waals surface area contributed by atoms with Crippen molar-refractivity contribution in [1.82, 2.24) is 20.5 Å². The van der Waals surface area contributed by atoms with Crippen molar-refractivity contribution in [2.75, 3.05) is 13.7 Å². The number of ether oxygens (including phenoxy) is 1. The number of methoxy groups -OCH3 is 1. The Labute approximate surface area is 119 Å². The van der Waals surface area contributed by atoms with Crippen LogP contribution in [0.15, 0.2) is 30.6 Å². The average Bonchev–Trinajstić information content (AvgIpc) is 2.48. The predicted octanol–water partition coefficient (Wildman–Crippen LogP) is 2.28. The van der Waals surface area contributed by atoms with Gasteiger partial charge >= 0.3 is 0 Å². The summed E-state index contributed by atoms with van der Waals surface area (Å²) in [6, 6.07) is 5.88. The van der Waals surface area contributed by atoms with Crippen molar-refractivity contribution < 1.29 is 4.74 Å². The van der Waals surface area contributed by atoms with Gasteiger partial charge < -0.3 is 10.1 Å². The van der Waals surface area contributed by atoms with Gasteiger partial charge in [0.25, 0.3) is 0 Å². The Morgan fingerprint density at radius 3 is 2.70 bits per heavy atom. The fraction of sp³-hybridized carbons (Fsp3) is 0.400. The highest BCUT2D eigenvalue weighted by atomic mass is 16.5. The number of rotatable bonds is 6. The Morgan fingerprint density at radius 2 is 2.10 bits per heavy atom.